The Labute approximate surface area is 143 Å². The van der Waals surface area contributed by atoms with Crippen LogP contribution >= 0.6 is 0 Å². The first-order valence-electron chi connectivity index (χ1n) is 7.85. The van der Waals surface area contributed by atoms with Crippen molar-refractivity contribution < 1.29 is 23.8 Å². The van der Waals surface area contributed by atoms with E-state index in [-0.39, 0.29) is 12.0 Å². The maximum absolute atomic E-state index is 11.7. The van der Waals surface area contributed by atoms with Crippen LogP contribution in [0.4, 0.5) is 4.79 Å². The molecule has 0 spiro atoms. The number of benzene rings is 1. The lowest BCUT2D eigenvalue weighted by molar-refractivity contribution is 0.0492. The second-order valence-electron chi connectivity index (χ2n) is 6.79. The average molecular weight is 337 g/mol. The number of alkyl carbamates (subject to hydrolysis) is 1. The predicted octanol–water partition coefficient (Wildman–Crippen LogP) is 3.38. The van der Waals surface area contributed by atoms with Crippen molar-refractivity contribution >= 4 is 12.1 Å². The topological polar surface area (TPSA) is 73.9 Å². The van der Waals surface area contributed by atoms with Gasteiger partial charge in [0.15, 0.2) is 0 Å². The van der Waals surface area contributed by atoms with Crippen molar-refractivity contribution in [2.45, 2.75) is 53.2 Å². The van der Waals surface area contributed by atoms with Gasteiger partial charge in [-0.2, -0.15) is 0 Å². The minimum atomic E-state index is -0.540. The fourth-order valence-electron chi connectivity index (χ4n) is 2.17. The molecule has 134 valence electrons. The van der Waals surface area contributed by atoms with Crippen LogP contribution in [0.2, 0.25) is 0 Å². The second kappa shape index (κ2) is 8.04. The molecule has 0 saturated carbocycles. The standard InChI is InChI=1S/C18H27NO5/c1-11-8-14(16(20)22-7)9-12(2)15(11)23-10-13(3)19-17(21)24-18(4,5)6/h8-9,13H,10H2,1-7H3,(H,19,21)/t13-/m1/s1. The molecule has 0 heterocycles. The Morgan fingerprint density at radius 1 is 1.17 bits per heavy atom. The Bertz CT molecular complexity index is 581. The molecule has 0 bridgehead atoms. The summed E-state index contributed by atoms with van der Waals surface area (Å²) < 4.78 is 15.7. The minimum absolute atomic E-state index is 0.223. The van der Waals surface area contributed by atoms with Crippen molar-refractivity contribution in [3.63, 3.8) is 0 Å². The highest BCUT2D eigenvalue weighted by Crippen LogP contribution is 2.25. The van der Waals surface area contributed by atoms with Crippen LogP contribution in [-0.2, 0) is 9.47 Å². The van der Waals surface area contributed by atoms with Crippen molar-refractivity contribution in [1.29, 1.82) is 0 Å². The molecular formula is C18H27NO5. The first-order chi connectivity index (χ1) is 11.0. The zero-order valence-electron chi connectivity index (χ0n) is 15.5. The SMILES string of the molecule is COC(=O)c1cc(C)c(OC[C@@H](C)NC(=O)OC(C)(C)C)c(C)c1. The van der Waals surface area contributed by atoms with Gasteiger partial charge < -0.3 is 19.5 Å². The van der Waals surface area contributed by atoms with Gasteiger partial charge in [0.25, 0.3) is 0 Å². The zero-order chi connectivity index (χ0) is 18.5. The zero-order valence-corrected chi connectivity index (χ0v) is 15.5. The van der Waals surface area contributed by atoms with Crippen LogP contribution in [0.15, 0.2) is 12.1 Å². The Kier molecular flexibility index (Phi) is 6.63. The number of methoxy groups -OCH3 is 1. The molecule has 0 aliphatic rings. The fourth-order valence-corrected chi connectivity index (χ4v) is 2.17. The van der Waals surface area contributed by atoms with Crippen LogP contribution in [-0.4, -0.2) is 37.4 Å². The molecule has 0 aliphatic carbocycles. The van der Waals surface area contributed by atoms with Gasteiger partial charge in [-0.15, -0.1) is 0 Å². The lowest BCUT2D eigenvalue weighted by Crippen LogP contribution is -2.40. The Balaban J connectivity index is 2.67. The van der Waals surface area contributed by atoms with E-state index in [2.05, 4.69) is 5.32 Å². The third-order valence-electron chi connectivity index (χ3n) is 3.12. The number of esters is 1. The molecule has 0 aliphatic heterocycles. The molecule has 0 radical (unpaired) electrons. The summed E-state index contributed by atoms with van der Waals surface area (Å²) in [6, 6.07) is 3.22. The molecule has 1 aromatic rings. The number of ether oxygens (including phenoxy) is 3. The lowest BCUT2D eigenvalue weighted by Gasteiger charge is -2.22. The van der Waals surface area contributed by atoms with Gasteiger partial charge in [-0.1, -0.05) is 0 Å². The summed E-state index contributed by atoms with van der Waals surface area (Å²) in [6.07, 6.45) is -0.479. The molecule has 1 rings (SSSR count). The van der Waals surface area contributed by atoms with E-state index in [1.165, 1.54) is 7.11 Å². The Morgan fingerprint density at radius 2 is 1.71 bits per heavy atom. The van der Waals surface area contributed by atoms with Crippen LogP contribution in [0.1, 0.15) is 49.2 Å². The van der Waals surface area contributed by atoms with E-state index in [0.717, 1.165) is 11.1 Å². The molecule has 1 atom stereocenters. The van der Waals surface area contributed by atoms with Gasteiger partial charge in [-0.05, 0) is 64.8 Å². The van der Waals surface area contributed by atoms with E-state index < -0.39 is 11.7 Å². The highest BCUT2D eigenvalue weighted by Gasteiger charge is 2.18. The molecule has 24 heavy (non-hydrogen) atoms. The van der Waals surface area contributed by atoms with Gasteiger partial charge in [0.05, 0.1) is 18.7 Å². The van der Waals surface area contributed by atoms with Crippen LogP contribution in [0.3, 0.4) is 0 Å². The number of hydrogen-bond donors (Lipinski definition) is 1. The predicted molar refractivity (Wildman–Crippen MR) is 91.6 cm³/mol. The molecule has 0 unspecified atom stereocenters. The van der Waals surface area contributed by atoms with Crippen LogP contribution in [0.5, 0.6) is 5.75 Å². The summed E-state index contributed by atoms with van der Waals surface area (Å²) in [5.41, 5.74) is 1.61. The monoisotopic (exact) mass is 337 g/mol. The van der Waals surface area contributed by atoms with E-state index in [0.29, 0.717) is 17.9 Å². The first-order valence-corrected chi connectivity index (χ1v) is 7.85. The maximum Gasteiger partial charge on any atom is 0.407 e. The summed E-state index contributed by atoms with van der Waals surface area (Å²) in [6.45, 7) is 11.3. The maximum atomic E-state index is 11.7. The number of hydrogen-bond acceptors (Lipinski definition) is 5. The van der Waals surface area contributed by atoms with E-state index in [1.54, 1.807) is 12.1 Å². The third-order valence-corrected chi connectivity index (χ3v) is 3.12. The fraction of sp³-hybridized carbons (Fsp3) is 0.556. The van der Waals surface area contributed by atoms with Crippen LogP contribution in [0.25, 0.3) is 0 Å². The van der Waals surface area contributed by atoms with Gasteiger partial charge in [-0.25, -0.2) is 9.59 Å². The van der Waals surface area contributed by atoms with E-state index in [9.17, 15) is 9.59 Å². The van der Waals surface area contributed by atoms with Crippen molar-refractivity contribution in [3.8, 4) is 5.75 Å². The highest BCUT2D eigenvalue weighted by molar-refractivity contribution is 5.90. The third kappa shape index (κ3) is 6.10. The quantitative estimate of drug-likeness (QED) is 0.834. The van der Waals surface area contributed by atoms with Gasteiger partial charge >= 0.3 is 12.1 Å². The number of nitrogens with one attached hydrogen (secondary N) is 1. The number of aryl methyl sites for hydroxylation is 2. The average Bonchev–Trinajstić information content (AvgIpc) is 2.42. The van der Waals surface area contributed by atoms with E-state index in [4.69, 9.17) is 14.2 Å². The van der Waals surface area contributed by atoms with Crippen molar-refractivity contribution in [2.75, 3.05) is 13.7 Å². The summed E-state index contributed by atoms with van der Waals surface area (Å²) in [5.74, 6) is 0.313. The van der Waals surface area contributed by atoms with Crippen molar-refractivity contribution in [2.24, 2.45) is 0 Å². The normalized spacial score (nSPS) is 12.3. The largest absolute Gasteiger partial charge is 0.491 e. The lowest BCUT2D eigenvalue weighted by atomic mass is 10.1. The van der Waals surface area contributed by atoms with E-state index in [1.807, 2.05) is 41.5 Å². The Hall–Kier alpha value is -2.24. The molecule has 1 N–H and O–H groups in total. The van der Waals surface area contributed by atoms with E-state index >= 15 is 0 Å². The summed E-state index contributed by atoms with van der Waals surface area (Å²) in [4.78, 5) is 23.3. The molecule has 6 heteroatoms. The number of carbonyl (C=O) groups excluding carboxylic acids is 2. The smallest absolute Gasteiger partial charge is 0.407 e. The molecule has 1 amide bonds. The number of amides is 1. The minimum Gasteiger partial charge on any atom is -0.491 e. The molecular weight excluding hydrogens is 310 g/mol. The van der Waals surface area contributed by atoms with Gasteiger partial charge in [0.2, 0.25) is 0 Å². The van der Waals surface area contributed by atoms with Crippen molar-refractivity contribution in [3.05, 3.63) is 28.8 Å². The van der Waals surface area contributed by atoms with Crippen LogP contribution < -0.4 is 10.1 Å². The highest BCUT2D eigenvalue weighted by atomic mass is 16.6. The van der Waals surface area contributed by atoms with Gasteiger partial charge in [0, 0.05) is 0 Å². The number of rotatable bonds is 5. The molecule has 6 nitrogen and oxygen atoms in total. The molecule has 1 aromatic carbocycles. The number of carbonyl (C=O) groups is 2. The molecule has 0 fully saturated rings. The Morgan fingerprint density at radius 3 is 2.17 bits per heavy atom. The van der Waals surface area contributed by atoms with Gasteiger partial charge in [-0.3, -0.25) is 0 Å². The summed E-state index contributed by atoms with van der Waals surface area (Å²) >= 11 is 0. The molecule has 0 aromatic heterocycles. The van der Waals surface area contributed by atoms with Crippen LogP contribution in [0, 0.1) is 13.8 Å². The summed E-state index contributed by atoms with van der Waals surface area (Å²) in [5, 5.41) is 2.72. The molecule has 0 saturated heterocycles. The summed E-state index contributed by atoms with van der Waals surface area (Å²) in [7, 11) is 1.35. The van der Waals surface area contributed by atoms with Gasteiger partial charge in [0.1, 0.15) is 18.0 Å². The van der Waals surface area contributed by atoms with Crippen molar-refractivity contribution in [1.82, 2.24) is 5.32 Å². The first kappa shape index (κ1) is 19.8. The second-order valence-corrected chi connectivity index (χ2v) is 6.79.